The monoisotopic (exact) mass is 425 g/mol. The molecule has 1 heterocycles. The topological polar surface area (TPSA) is 64.1 Å². The Balaban J connectivity index is 1.20. The quantitative estimate of drug-likeness (QED) is 0.617. The molecule has 5 nitrogen and oxygen atoms in total. The predicted octanol–water partition coefficient (Wildman–Crippen LogP) is 5.10. The molecule has 3 aromatic rings. The highest BCUT2D eigenvalue weighted by molar-refractivity contribution is 6.30. The van der Waals surface area contributed by atoms with E-state index in [0.717, 1.165) is 18.5 Å². The lowest BCUT2D eigenvalue weighted by Gasteiger charge is -2.19. The summed E-state index contributed by atoms with van der Waals surface area (Å²) in [4.78, 5) is 21.0. The standard InChI is InChI=1S/C23H21ClFN3O2/c1-12(22(29)28-15-5-2-13(24)3-6-15)21-17-9-16(10-18(17)21)30-23-19-8-14(25)4-7-20(19)26-11-27-23/h2-8,11-12,16-18,21H,9-10H2,1H3,(H,28,29)/t12-,16?,17-,18+,21?/m0/s1. The molecule has 2 unspecified atom stereocenters. The summed E-state index contributed by atoms with van der Waals surface area (Å²) in [5.41, 5.74) is 1.42. The zero-order chi connectivity index (χ0) is 20.8. The lowest BCUT2D eigenvalue weighted by Crippen LogP contribution is -2.25. The van der Waals surface area contributed by atoms with Gasteiger partial charge >= 0.3 is 0 Å². The molecule has 2 aliphatic rings. The van der Waals surface area contributed by atoms with Gasteiger partial charge in [-0.1, -0.05) is 18.5 Å². The maximum atomic E-state index is 13.6. The molecule has 5 atom stereocenters. The van der Waals surface area contributed by atoms with E-state index in [1.54, 1.807) is 30.3 Å². The SMILES string of the molecule is C[C@H](C(=O)Nc1ccc(Cl)cc1)C1[C@H]2CC(Oc3ncnc4ccc(F)cc34)C[C@@H]12. The number of nitrogens with one attached hydrogen (secondary N) is 1. The van der Waals surface area contributed by atoms with E-state index in [1.165, 1.54) is 18.5 Å². The molecule has 154 valence electrons. The summed E-state index contributed by atoms with van der Waals surface area (Å²) in [5, 5.41) is 4.20. The summed E-state index contributed by atoms with van der Waals surface area (Å²) < 4.78 is 19.7. The average molecular weight is 426 g/mol. The molecule has 0 bridgehead atoms. The van der Waals surface area contributed by atoms with Gasteiger partial charge in [0, 0.05) is 16.6 Å². The number of aromatic nitrogens is 2. The van der Waals surface area contributed by atoms with E-state index in [1.807, 2.05) is 6.92 Å². The van der Waals surface area contributed by atoms with Gasteiger partial charge in [0.1, 0.15) is 18.2 Å². The number of rotatable bonds is 5. The van der Waals surface area contributed by atoms with E-state index >= 15 is 0 Å². The molecule has 1 N–H and O–H groups in total. The van der Waals surface area contributed by atoms with Gasteiger partial charge < -0.3 is 10.1 Å². The first kappa shape index (κ1) is 19.2. The van der Waals surface area contributed by atoms with Gasteiger partial charge in [-0.05, 0) is 73.1 Å². The van der Waals surface area contributed by atoms with Crippen LogP contribution >= 0.6 is 11.6 Å². The Bertz CT molecular complexity index is 1100. The zero-order valence-corrected chi connectivity index (χ0v) is 17.1. The maximum Gasteiger partial charge on any atom is 0.227 e. The molecule has 30 heavy (non-hydrogen) atoms. The Morgan fingerprint density at radius 3 is 2.63 bits per heavy atom. The number of carbonyl (C=O) groups is 1. The third-order valence-corrected chi connectivity index (χ3v) is 6.66. The first-order valence-electron chi connectivity index (χ1n) is 10.1. The first-order valence-corrected chi connectivity index (χ1v) is 10.5. The second kappa shape index (κ2) is 7.51. The van der Waals surface area contributed by atoms with Crippen molar-refractivity contribution in [2.45, 2.75) is 25.9 Å². The van der Waals surface area contributed by atoms with Crippen molar-refractivity contribution < 1.29 is 13.9 Å². The highest BCUT2D eigenvalue weighted by atomic mass is 35.5. The Labute approximate surface area is 178 Å². The fourth-order valence-electron chi connectivity index (χ4n) is 4.90. The summed E-state index contributed by atoms with van der Waals surface area (Å²) in [6.45, 7) is 1.99. The van der Waals surface area contributed by atoms with Gasteiger partial charge in [-0.2, -0.15) is 0 Å². The average Bonchev–Trinajstić information content (AvgIpc) is 3.24. The lowest BCUT2D eigenvalue weighted by molar-refractivity contribution is -0.120. The molecular formula is C23H21ClFN3O2. The third kappa shape index (κ3) is 3.60. The van der Waals surface area contributed by atoms with Crippen LogP contribution in [0.15, 0.2) is 48.8 Å². The normalized spacial score (nSPS) is 25.6. The van der Waals surface area contributed by atoms with Gasteiger partial charge in [0.15, 0.2) is 0 Å². The Morgan fingerprint density at radius 2 is 1.90 bits per heavy atom. The van der Waals surface area contributed by atoms with Crippen molar-refractivity contribution in [1.29, 1.82) is 0 Å². The van der Waals surface area contributed by atoms with Gasteiger partial charge in [-0.25, -0.2) is 14.4 Å². The Hall–Kier alpha value is -2.73. The summed E-state index contributed by atoms with van der Waals surface area (Å²) in [5.74, 6) is 1.39. The minimum Gasteiger partial charge on any atom is -0.474 e. The molecule has 0 saturated heterocycles. The molecule has 0 radical (unpaired) electrons. The van der Waals surface area contributed by atoms with Crippen LogP contribution in [0.3, 0.4) is 0 Å². The number of anilines is 1. The summed E-state index contributed by atoms with van der Waals surface area (Å²) >= 11 is 5.90. The number of benzene rings is 2. The van der Waals surface area contributed by atoms with Crippen LogP contribution in [0.2, 0.25) is 5.02 Å². The van der Waals surface area contributed by atoms with E-state index in [2.05, 4.69) is 15.3 Å². The van der Waals surface area contributed by atoms with E-state index in [-0.39, 0.29) is 23.7 Å². The van der Waals surface area contributed by atoms with Crippen molar-refractivity contribution >= 4 is 34.1 Å². The number of halogens is 2. The second-order valence-corrected chi connectivity index (χ2v) is 8.68. The largest absolute Gasteiger partial charge is 0.474 e. The van der Waals surface area contributed by atoms with Crippen molar-refractivity contribution in [2.75, 3.05) is 5.32 Å². The third-order valence-electron chi connectivity index (χ3n) is 6.41. The number of ether oxygens (including phenoxy) is 1. The van der Waals surface area contributed by atoms with Crippen molar-refractivity contribution in [2.24, 2.45) is 23.7 Å². The van der Waals surface area contributed by atoms with E-state index in [9.17, 15) is 9.18 Å². The summed E-state index contributed by atoms with van der Waals surface area (Å²) in [6.07, 6.45) is 3.24. The van der Waals surface area contributed by atoms with Gasteiger partial charge in [-0.15, -0.1) is 0 Å². The zero-order valence-electron chi connectivity index (χ0n) is 16.4. The van der Waals surface area contributed by atoms with Crippen molar-refractivity contribution in [3.63, 3.8) is 0 Å². The number of nitrogens with zero attached hydrogens (tertiary/aromatic N) is 2. The van der Waals surface area contributed by atoms with Gasteiger partial charge in [0.05, 0.1) is 10.9 Å². The predicted molar refractivity (Wildman–Crippen MR) is 113 cm³/mol. The van der Waals surface area contributed by atoms with Crippen molar-refractivity contribution in [3.05, 3.63) is 59.6 Å². The van der Waals surface area contributed by atoms with Crippen LogP contribution < -0.4 is 10.1 Å². The molecule has 0 spiro atoms. The first-order chi connectivity index (χ1) is 14.5. The maximum absolute atomic E-state index is 13.6. The number of amides is 1. The Morgan fingerprint density at radius 1 is 1.17 bits per heavy atom. The smallest absolute Gasteiger partial charge is 0.227 e. The molecule has 0 aliphatic heterocycles. The van der Waals surface area contributed by atoms with Gasteiger partial charge in [0.25, 0.3) is 0 Å². The molecule has 2 aromatic carbocycles. The van der Waals surface area contributed by atoms with E-state index in [4.69, 9.17) is 16.3 Å². The lowest BCUT2D eigenvalue weighted by atomic mass is 9.97. The van der Waals surface area contributed by atoms with Crippen LogP contribution in [0.4, 0.5) is 10.1 Å². The van der Waals surface area contributed by atoms with Crippen LogP contribution in [-0.2, 0) is 4.79 Å². The number of fused-ring (bicyclic) bond motifs is 2. The summed E-state index contributed by atoms with van der Waals surface area (Å²) in [7, 11) is 0. The number of hydrogen-bond donors (Lipinski definition) is 1. The molecule has 7 heteroatoms. The van der Waals surface area contributed by atoms with Gasteiger partial charge in [-0.3, -0.25) is 4.79 Å². The number of hydrogen-bond acceptors (Lipinski definition) is 4. The van der Waals surface area contributed by atoms with E-state index in [0.29, 0.717) is 39.6 Å². The minimum absolute atomic E-state index is 0.0316. The van der Waals surface area contributed by atoms with Gasteiger partial charge in [0.2, 0.25) is 11.8 Å². The molecule has 2 fully saturated rings. The van der Waals surface area contributed by atoms with Crippen LogP contribution in [0, 0.1) is 29.5 Å². The number of carbonyl (C=O) groups excluding carboxylic acids is 1. The Kier molecular flexibility index (Phi) is 4.82. The second-order valence-electron chi connectivity index (χ2n) is 8.24. The fraction of sp³-hybridized carbons (Fsp3) is 0.348. The highest BCUT2D eigenvalue weighted by Crippen LogP contribution is 2.61. The molecular weight excluding hydrogens is 405 g/mol. The van der Waals surface area contributed by atoms with Crippen LogP contribution in [0.5, 0.6) is 5.88 Å². The van der Waals surface area contributed by atoms with Crippen LogP contribution in [0.1, 0.15) is 19.8 Å². The summed E-state index contributed by atoms with van der Waals surface area (Å²) in [6, 6.07) is 11.6. The van der Waals surface area contributed by atoms with E-state index < -0.39 is 0 Å². The van der Waals surface area contributed by atoms with Crippen LogP contribution in [-0.4, -0.2) is 22.0 Å². The highest BCUT2D eigenvalue weighted by Gasteiger charge is 2.59. The molecule has 2 aliphatic carbocycles. The van der Waals surface area contributed by atoms with Crippen molar-refractivity contribution in [1.82, 2.24) is 9.97 Å². The fourth-order valence-corrected chi connectivity index (χ4v) is 5.03. The van der Waals surface area contributed by atoms with Crippen molar-refractivity contribution in [3.8, 4) is 5.88 Å². The molecule has 1 amide bonds. The minimum atomic E-state index is -0.336. The van der Waals surface area contributed by atoms with Crippen LogP contribution in [0.25, 0.3) is 10.9 Å². The molecule has 5 rings (SSSR count). The molecule has 2 saturated carbocycles. The molecule has 1 aromatic heterocycles.